The number of nitrogen functional groups attached to an aromatic ring is 1. The summed E-state index contributed by atoms with van der Waals surface area (Å²) >= 11 is 5.79. The number of esters is 1. The number of carbonyl (C=O) groups excluding carboxylic acids is 1. The van der Waals surface area contributed by atoms with E-state index in [1.54, 1.807) is 19.1 Å². The Bertz CT molecular complexity index is 350. The number of benzene rings is 1. The molecular formula is C9H10ClNO2. The van der Waals surface area contributed by atoms with Crippen molar-refractivity contribution < 1.29 is 9.53 Å². The first-order valence-corrected chi connectivity index (χ1v) is 4.08. The molecule has 1 aromatic rings. The van der Waals surface area contributed by atoms with Crippen LogP contribution in [-0.4, -0.2) is 13.1 Å². The van der Waals surface area contributed by atoms with Crippen molar-refractivity contribution in [2.45, 2.75) is 6.92 Å². The SMILES string of the molecule is COC(=O)c1cc(C)c(N)cc1Cl. The van der Waals surface area contributed by atoms with Crippen LogP contribution in [0.2, 0.25) is 5.02 Å². The highest BCUT2D eigenvalue weighted by Gasteiger charge is 2.11. The lowest BCUT2D eigenvalue weighted by Gasteiger charge is -2.05. The summed E-state index contributed by atoms with van der Waals surface area (Å²) in [7, 11) is 1.31. The molecule has 0 aliphatic heterocycles. The first-order valence-electron chi connectivity index (χ1n) is 3.70. The molecule has 0 heterocycles. The van der Waals surface area contributed by atoms with Gasteiger partial charge in [-0.2, -0.15) is 0 Å². The molecule has 0 aliphatic rings. The van der Waals surface area contributed by atoms with Crippen LogP contribution in [0.5, 0.6) is 0 Å². The number of nitrogens with two attached hydrogens (primary N) is 1. The second-order valence-electron chi connectivity index (χ2n) is 2.68. The number of rotatable bonds is 1. The largest absolute Gasteiger partial charge is 0.465 e. The molecule has 0 spiro atoms. The lowest BCUT2D eigenvalue weighted by Crippen LogP contribution is -2.03. The molecule has 0 amide bonds. The van der Waals surface area contributed by atoms with Crippen LogP contribution in [0.3, 0.4) is 0 Å². The summed E-state index contributed by atoms with van der Waals surface area (Å²) in [6.45, 7) is 1.80. The van der Waals surface area contributed by atoms with Gasteiger partial charge in [0.1, 0.15) is 0 Å². The van der Waals surface area contributed by atoms with Crippen molar-refractivity contribution in [3.8, 4) is 0 Å². The van der Waals surface area contributed by atoms with Gasteiger partial charge in [-0.15, -0.1) is 0 Å². The van der Waals surface area contributed by atoms with E-state index >= 15 is 0 Å². The first-order chi connectivity index (χ1) is 6.06. The molecule has 0 atom stereocenters. The molecule has 1 aromatic carbocycles. The minimum absolute atomic E-state index is 0.315. The fraction of sp³-hybridized carbons (Fsp3) is 0.222. The molecule has 0 aromatic heterocycles. The van der Waals surface area contributed by atoms with Gasteiger partial charge < -0.3 is 10.5 Å². The second-order valence-corrected chi connectivity index (χ2v) is 3.09. The second kappa shape index (κ2) is 3.66. The van der Waals surface area contributed by atoms with Crippen LogP contribution in [0, 0.1) is 6.92 Å². The standard InChI is InChI=1S/C9H10ClNO2/c1-5-3-6(9(12)13-2)7(10)4-8(5)11/h3-4H,11H2,1-2H3. The van der Waals surface area contributed by atoms with Gasteiger partial charge in [-0.1, -0.05) is 11.6 Å². The van der Waals surface area contributed by atoms with Crippen LogP contribution in [0.1, 0.15) is 15.9 Å². The minimum atomic E-state index is -0.451. The van der Waals surface area contributed by atoms with Crippen molar-refractivity contribution in [2.24, 2.45) is 0 Å². The highest BCUT2D eigenvalue weighted by atomic mass is 35.5. The fourth-order valence-electron chi connectivity index (χ4n) is 0.963. The highest BCUT2D eigenvalue weighted by Crippen LogP contribution is 2.23. The molecule has 2 N–H and O–H groups in total. The summed E-state index contributed by atoms with van der Waals surface area (Å²) in [6.07, 6.45) is 0. The van der Waals surface area contributed by atoms with E-state index < -0.39 is 5.97 Å². The van der Waals surface area contributed by atoms with Gasteiger partial charge in [0, 0.05) is 5.69 Å². The number of hydrogen-bond acceptors (Lipinski definition) is 3. The van der Waals surface area contributed by atoms with Gasteiger partial charge in [0.15, 0.2) is 0 Å². The maximum absolute atomic E-state index is 11.2. The van der Waals surface area contributed by atoms with Gasteiger partial charge in [-0.25, -0.2) is 4.79 Å². The van der Waals surface area contributed by atoms with Gasteiger partial charge in [0.05, 0.1) is 17.7 Å². The van der Waals surface area contributed by atoms with Crippen molar-refractivity contribution in [1.82, 2.24) is 0 Å². The Balaban J connectivity index is 3.23. The van der Waals surface area contributed by atoms with Gasteiger partial charge in [0.2, 0.25) is 0 Å². The third-order valence-corrected chi connectivity index (χ3v) is 2.07. The molecule has 3 nitrogen and oxygen atoms in total. The summed E-state index contributed by atoms with van der Waals surface area (Å²) in [4.78, 5) is 11.2. The van der Waals surface area contributed by atoms with E-state index in [2.05, 4.69) is 4.74 Å². The topological polar surface area (TPSA) is 52.3 Å². The molecule has 0 bridgehead atoms. The Morgan fingerprint density at radius 2 is 2.15 bits per heavy atom. The molecule has 0 fully saturated rings. The van der Waals surface area contributed by atoms with Crippen LogP contribution in [0.15, 0.2) is 12.1 Å². The quantitative estimate of drug-likeness (QED) is 0.556. The lowest BCUT2D eigenvalue weighted by atomic mass is 10.1. The summed E-state index contributed by atoms with van der Waals surface area (Å²) in [5.74, 6) is -0.451. The number of hydrogen-bond donors (Lipinski definition) is 1. The zero-order valence-corrected chi connectivity index (χ0v) is 8.18. The monoisotopic (exact) mass is 199 g/mol. The zero-order valence-electron chi connectivity index (χ0n) is 7.43. The van der Waals surface area contributed by atoms with Gasteiger partial charge >= 0.3 is 5.97 Å². The first kappa shape index (κ1) is 9.86. The van der Waals surface area contributed by atoms with Crippen molar-refractivity contribution in [2.75, 3.05) is 12.8 Å². The number of carbonyl (C=O) groups is 1. The molecule has 0 unspecified atom stereocenters. The molecule has 0 radical (unpaired) electrons. The van der Waals surface area contributed by atoms with Crippen molar-refractivity contribution in [1.29, 1.82) is 0 Å². The Morgan fingerprint density at radius 1 is 1.54 bits per heavy atom. The number of aryl methyl sites for hydroxylation is 1. The van der Waals surface area contributed by atoms with E-state index in [9.17, 15) is 4.79 Å². The molecule has 70 valence electrons. The third kappa shape index (κ3) is 1.92. The summed E-state index contributed by atoms with van der Waals surface area (Å²) in [5, 5.41) is 0.315. The average Bonchev–Trinajstić information content (AvgIpc) is 2.10. The van der Waals surface area contributed by atoms with E-state index in [0.29, 0.717) is 16.3 Å². The average molecular weight is 200 g/mol. The number of ether oxygens (including phenoxy) is 1. The van der Waals surface area contributed by atoms with Crippen LogP contribution in [-0.2, 0) is 4.74 Å². The van der Waals surface area contributed by atoms with E-state index in [4.69, 9.17) is 17.3 Å². The smallest absolute Gasteiger partial charge is 0.339 e. The van der Waals surface area contributed by atoms with Crippen LogP contribution < -0.4 is 5.73 Å². The van der Waals surface area contributed by atoms with Crippen LogP contribution >= 0.6 is 11.6 Å². The van der Waals surface area contributed by atoms with E-state index in [1.807, 2.05) is 0 Å². The molecule has 1 rings (SSSR count). The van der Waals surface area contributed by atoms with Crippen LogP contribution in [0.4, 0.5) is 5.69 Å². The maximum Gasteiger partial charge on any atom is 0.339 e. The van der Waals surface area contributed by atoms with Crippen molar-refractivity contribution in [3.05, 3.63) is 28.3 Å². The Labute approximate surface area is 81.4 Å². The molecule has 4 heteroatoms. The number of anilines is 1. The van der Waals surface area contributed by atoms with E-state index in [1.165, 1.54) is 7.11 Å². The van der Waals surface area contributed by atoms with Gasteiger partial charge in [0.25, 0.3) is 0 Å². The van der Waals surface area contributed by atoms with E-state index in [0.717, 1.165) is 5.56 Å². The molecule has 0 saturated heterocycles. The number of halogens is 1. The summed E-state index contributed by atoms with van der Waals surface area (Å²) in [5.41, 5.74) is 7.32. The van der Waals surface area contributed by atoms with Crippen molar-refractivity contribution in [3.63, 3.8) is 0 Å². The van der Waals surface area contributed by atoms with Crippen molar-refractivity contribution >= 4 is 23.3 Å². The molecule has 0 saturated carbocycles. The predicted octanol–water partition coefficient (Wildman–Crippen LogP) is 2.02. The van der Waals surface area contributed by atoms with E-state index in [-0.39, 0.29) is 0 Å². The zero-order chi connectivity index (χ0) is 10.0. The summed E-state index contributed by atoms with van der Waals surface area (Å²) < 4.78 is 4.55. The molecule has 0 aliphatic carbocycles. The number of methoxy groups -OCH3 is 1. The van der Waals surface area contributed by atoms with Gasteiger partial charge in [-0.05, 0) is 24.6 Å². The Morgan fingerprint density at radius 3 is 2.69 bits per heavy atom. The molecular weight excluding hydrogens is 190 g/mol. The predicted molar refractivity (Wildman–Crippen MR) is 51.9 cm³/mol. The Hall–Kier alpha value is -1.22. The lowest BCUT2D eigenvalue weighted by molar-refractivity contribution is 0.0601. The molecule has 13 heavy (non-hydrogen) atoms. The highest BCUT2D eigenvalue weighted by molar-refractivity contribution is 6.33. The minimum Gasteiger partial charge on any atom is -0.465 e. The third-order valence-electron chi connectivity index (χ3n) is 1.76. The Kier molecular flexibility index (Phi) is 2.78. The van der Waals surface area contributed by atoms with Gasteiger partial charge in [-0.3, -0.25) is 0 Å². The summed E-state index contributed by atoms with van der Waals surface area (Å²) in [6, 6.07) is 3.16. The normalized spacial score (nSPS) is 9.77. The van der Waals surface area contributed by atoms with Crippen LogP contribution in [0.25, 0.3) is 0 Å². The fourth-order valence-corrected chi connectivity index (χ4v) is 1.21. The maximum atomic E-state index is 11.2.